The lowest BCUT2D eigenvalue weighted by atomic mass is 9.89. The van der Waals surface area contributed by atoms with Crippen LogP contribution in [0.15, 0.2) is 54.6 Å². The third kappa shape index (κ3) is 4.19. The van der Waals surface area contributed by atoms with Crippen LogP contribution < -0.4 is 10.6 Å². The smallest absolute Gasteiger partial charge is 0.228 e. The second kappa shape index (κ2) is 7.92. The molecule has 0 aromatic heterocycles. The number of fused-ring (bicyclic) bond motifs is 1. The lowest BCUT2D eigenvalue weighted by Gasteiger charge is -2.34. The van der Waals surface area contributed by atoms with Gasteiger partial charge in [-0.05, 0) is 36.6 Å². The number of nitrogens with zero attached hydrogens (tertiary/aromatic N) is 1. The Morgan fingerprint density at radius 2 is 1.89 bits per heavy atom. The molecule has 2 heterocycles. The number of carbonyl (C=O) groups is 2. The van der Waals surface area contributed by atoms with E-state index in [4.69, 9.17) is 0 Å². The summed E-state index contributed by atoms with van der Waals surface area (Å²) in [5.74, 6) is -0.536. The van der Waals surface area contributed by atoms with Crippen molar-refractivity contribution in [2.75, 3.05) is 18.4 Å². The van der Waals surface area contributed by atoms with E-state index in [1.807, 2.05) is 30.3 Å². The highest BCUT2D eigenvalue weighted by Crippen LogP contribution is 2.32. The fraction of sp³-hybridized carbons (Fsp3) is 0.364. The SMILES string of the molecule is O=C1CC(C(=O)NC2CCCN(Cc3ccccc3)C2)c2ccccc2N1. The van der Waals surface area contributed by atoms with E-state index >= 15 is 0 Å². The van der Waals surface area contributed by atoms with E-state index in [0.29, 0.717) is 0 Å². The van der Waals surface area contributed by atoms with Crippen molar-refractivity contribution in [3.8, 4) is 0 Å². The zero-order valence-corrected chi connectivity index (χ0v) is 15.4. The number of para-hydroxylation sites is 1. The van der Waals surface area contributed by atoms with Crippen molar-refractivity contribution in [1.29, 1.82) is 0 Å². The second-order valence-corrected chi connectivity index (χ2v) is 7.46. The molecular formula is C22H25N3O2. The van der Waals surface area contributed by atoms with Crippen LogP contribution >= 0.6 is 0 Å². The standard InChI is InChI=1S/C22H25N3O2/c26-21-13-19(18-10-4-5-11-20(18)24-21)22(27)23-17-9-6-12-25(15-17)14-16-7-2-1-3-8-16/h1-5,7-8,10-11,17,19H,6,9,12-15H2,(H,23,27)(H,24,26). The van der Waals surface area contributed by atoms with Gasteiger partial charge in [0.1, 0.15) is 0 Å². The molecule has 27 heavy (non-hydrogen) atoms. The topological polar surface area (TPSA) is 61.4 Å². The van der Waals surface area contributed by atoms with Gasteiger partial charge in [0.05, 0.1) is 5.92 Å². The molecule has 0 aliphatic carbocycles. The van der Waals surface area contributed by atoms with Gasteiger partial charge in [0, 0.05) is 31.2 Å². The molecule has 2 aliphatic heterocycles. The van der Waals surface area contributed by atoms with Crippen molar-refractivity contribution < 1.29 is 9.59 Å². The molecule has 2 amide bonds. The molecule has 0 radical (unpaired) electrons. The summed E-state index contributed by atoms with van der Waals surface area (Å²) in [6.45, 7) is 2.80. The van der Waals surface area contributed by atoms with Gasteiger partial charge in [-0.1, -0.05) is 48.5 Å². The fourth-order valence-electron chi connectivity index (χ4n) is 4.11. The molecule has 5 nitrogen and oxygen atoms in total. The van der Waals surface area contributed by atoms with Crippen molar-refractivity contribution in [3.63, 3.8) is 0 Å². The Hall–Kier alpha value is -2.66. The molecule has 2 N–H and O–H groups in total. The van der Waals surface area contributed by atoms with Crippen LogP contribution in [0, 0.1) is 0 Å². The van der Waals surface area contributed by atoms with Crippen LogP contribution in [0.5, 0.6) is 0 Å². The number of piperidine rings is 1. The number of hydrogen-bond acceptors (Lipinski definition) is 3. The van der Waals surface area contributed by atoms with E-state index in [2.05, 4.69) is 39.8 Å². The molecule has 0 spiro atoms. The Kier molecular flexibility index (Phi) is 5.21. The molecule has 1 saturated heterocycles. The number of rotatable bonds is 4. The van der Waals surface area contributed by atoms with Crippen LogP contribution in [0.25, 0.3) is 0 Å². The number of nitrogens with one attached hydrogen (secondary N) is 2. The van der Waals surface area contributed by atoms with E-state index in [9.17, 15) is 9.59 Å². The van der Waals surface area contributed by atoms with Crippen LogP contribution in [-0.2, 0) is 16.1 Å². The minimum atomic E-state index is -0.403. The summed E-state index contributed by atoms with van der Waals surface area (Å²) in [7, 11) is 0. The first-order valence-electron chi connectivity index (χ1n) is 9.64. The van der Waals surface area contributed by atoms with Gasteiger partial charge in [-0.2, -0.15) is 0 Å². The summed E-state index contributed by atoms with van der Waals surface area (Å²) in [6.07, 6.45) is 2.26. The normalized spacial score (nSPS) is 22.6. The summed E-state index contributed by atoms with van der Waals surface area (Å²) in [5, 5.41) is 6.06. The summed E-state index contributed by atoms with van der Waals surface area (Å²) in [5.41, 5.74) is 2.96. The molecule has 140 valence electrons. The molecule has 5 heteroatoms. The molecule has 2 aliphatic rings. The molecular weight excluding hydrogens is 338 g/mol. The average molecular weight is 363 g/mol. The molecule has 2 atom stereocenters. The maximum atomic E-state index is 12.9. The van der Waals surface area contributed by atoms with Gasteiger partial charge in [0.25, 0.3) is 0 Å². The van der Waals surface area contributed by atoms with Gasteiger partial charge in [-0.15, -0.1) is 0 Å². The van der Waals surface area contributed by atoms with Crippen LogP contribution in [0.2, 0.25) is 0 Å². The number of anilines is 1. The predicted octanol–water partition coefficient (Wildman–Crippen LogP) is 2.89. The van der Waals surface area contributed by atoms with Crippen LogP contribution in [-0.4, -0.2) is 35.8 Å². The summed E-state index contributed by atoms with van der Waals surface area (Å²) < 4.78 is 0. The molecule has 1 fully saturated rings. The van der Waals surface area contributed by atoms with E-state index in [1.165, 1.54) is 5.56 Å². The van der Waals surface area contributed by atoms with Gasteiger partial charge in [0.15, 0.2) is 0 Å². The third-order valence-electron chi connectivity index (χ3n) is 5.42. The first-order valence-corrected chi connectivity index (χ1v) is 9.64. The van der Waals surface area contributed by atoms with Crippen molar-refractivity contribution in [1.82, 2.24) is 10.2 Å². The Morgan fingerprint density at radius 1 is 1.11 bits per heavy atom. The quantitative estimate of drug-likeness (QED) is 0.878. The second-order valence-electron chi connectivity index (χ2n) is 7.46. The van der Waals surface area contributed by atoms with Crippen LogP contribution in [0.4, 0.5) is 5.69 Å². The maximum Gasteiger partial charge on any atom is 0.228 e. The molecule has 4 rings (SSSR count). The van der Waals surface area contributed by atoms with E-state index < -0.39 is 5.92 Å². The molecule has 2 aromatic carbocycles. The highest BCUT2D eigenvalue weighted by atomic mass is 16.2. The van der Waals surface area contributed by atoms with Gasteiger partial charge in [-0.25, -0.2) is 0 Å². The average Bonchev–Trinajstić information content (AvgIpc) is 2.68. The van der Waals surface area contributed by atoms with Crippen LogP contribution in [0.3, 0.4) is 0 Å². The van der Waals surface area contributed by atoms with E-state index in [-0.39, 0.29) is 24.3 Å². The predicted molar refractivity (Wildman–Crippen MR) is 105 cm³/mol. The number of hydrogen-bond donors (Lipinski definition) is 2. The van der Waals surface area contributed by atoms with Gasteiger partial charge in [0.2, 0.25) is 11.8 Å². The summed E-state index contributed by atoms with van der Waals surface area (Å²) >= 11 is 0. The molecule has 2 aromatic rings. The van der Waals surface area contributed by atoms with Crippen molar-refractivity contribution in [2.45, 2.75) is 37.8 Å². The zero-order chi connectivity index (χ0) is 18.6. The Bertz CT molecular complexity index is 821. The summed E-state index contributed by atoms with van der Waals surface area (Å²) in [6, 6.07) is 18.1. The van der Waals surface area contributed by atoms with Crippen molar-refractivity contribution in [2.24, 2.45) is 0 Å². The molecule has 0 bridgehead atoms. The summed E-state index contributed by atoms with van der Waals surface area (Å²) in [4.78, 5) is 27.3. The lowest BCUT2D eigenvalue weighted by molar-refractivity contribution is -0.127. The first kappa shape index (κ1) is 17.7. The molecule has 2 unspecified atom stereocenters. The Morgan fingerprint density at radius 3 is 2.74 bits per heavy atom. The fourth-order valence-corrected chi connectivity index (χ4v) is 4.11. The maximum absolute atomic E-state index is 12.9. The number of benzene rings is 2. The van der Waals surface area contributed by atoms with Crippen molar-refractivity contribution in [3.05, 3.63) is 65.7 Å². The minimum Gasteiger partial charge on any atom is -0.352 e. The van der Waals surface area contributed by atoms with Crippen LogP contribution in [0.1, 0.15) is 36.3 Å². The molecule has 0 saturated carbocycles. The third-order valence-corrected chi connectivity index (χ3v) is 5.42. The first-order chi connectivity index (χ1) is 13.2. The number of likely N-dealkylation sites (tertiary alicyclic amines) is 1. The highest BCUT2D eigenvalue weighted by molar-refractivity contribution is 6.01. The van der Waals surface area contributed by atoms with Gasteiger partial charge >= 0.3 is 0 Å². The highest BCUT2D eigenvalue weighted by Gasteiger charge is 2.32. The number of carbonyl (C=O) groups excluding carboxylic acids is 2. The van der Waals surface area contributed by atoms with Gasteiger partial charge in [-0.3, -0.25) is 14.5 Å². The lowest BCUT2D eigenvalue weighted by Crippen LogP contribution is -2.49. The number of amides is 2. The van der Waals surface area contributed by atoms with E-state index in [1.54, 1.807) is 0 Å². The van der Waals surface area contributed by atoms with E-state index in [0.717, 1.165) is 43.7 Å². The largest absolute Gasteiger partial charge is 0.352 e. The van der Waals surface area contributed by atoms with Gasteiger partial charge < -0.3 is 10.6 Å². The monoisotopic (exact) mass is 363 g/mol. The minimum absolute atomic E-state index is 0.0381. The Balaban J connectivity index is 1.40. The Labute approximate surface area is 159 Å². The zero-order valence-electron chi connectivity index (χ0n) is 15.4. The van der Waals surface area contributed by atoms with Crippen molar-refractivity contribution >= 4 is 17.5 Å².